The molecule has 130 valence electrons. The second kappa shape index (κ2) is 6.97. The molecule has 1 aliphatic rings. The largest absolute Gasteiger partial charge is 0.457 e. The third-order valence-corrected chi connectivity index (χ3v) is 4.55. The second-order valence-electron chi connectivity index (χ2n) is 6.34. The monoisotopic (exact) mass is 338 g/mol. The van der Waals surface area contributed by atoms with Gasteiger partial charge in [0.15, 0.2) is 0 Å². The SMILES string of the molecule is CNC(=O)C1(C(=O)N[C@H](C)c2ccc(Oc3ccccc3)cc2)CC1. The van der Waals surface area contributed by atoms with E-state index in [0.717, 1.165) is 17.1 Å². The lowest BCUT2D eigenvalue weighted by molar-refractivity contribution is -0.137. The molecule has 1 aliphatic carbocycles. The van der Waals surface area contributed by atoms with Gasteiger partial charge in [-0.15, -0.1) is 0 Å². The fraction of sp³-hybridized carbons (Fsp3) is 0.300. The molecule has 2 amide bonds. The molecule has 0 heterocycles. The van der Waals surface area contributed by atoms with Crippen molar-refractivity contribution in [2.75, 3.05) is 7.05 Å². The van der Waals surface area contributed by atoms with Crippen LogP contribution >= 0.6 is 0 Å². The van der Waals surface area contributed by atoms with E-state index in [1.54, 1.807) is 7.05 Å². The summed E-state index contributed by atoms with van der Waals surface area (Å²) >= 11 is 0. The van der Waals surface area contributed by atoms with E-state index in [9.17, 15) is 9.59 Å². The van der Waals surface area contributed by atoms with Gasteiger partial charge in [0.2, 0.25) is 11.8 Å². The van der Waals surface area contributed by atoms with Crippen molar-refractivity contribution in [1.82, 2.24) is 10.6 Å². The summed E-state index contributed by atoms with van der Waals surface area (Å²) < 4.78 is 5.76. The Bertz CT molecular complexity index is 752. The first-order chi connectivity index (χ1) is 12.0. The van der Waals surface area contributed by atoms with Crippen LogP contribution < -0.4 is 15.4 Å². The number of para-hydroxylation sites is 1. The Morgan fingerprint density at radius 2 is 1.56 bits per heavy atom. The van der Waals surface area contributed by atoms with Crippen LogP contribution in [-0.4, -0.2) is 18.9 Å². The van der Waals surface area contributed by atoms with Gasteiger partial charge in [-0.1, -0.05) is 30.3 Å². The van der Waals surface area contributed by atoms with Crippen LogP contribution in [0.1, 0.15) is 31.4 Å². The fourth-order valence-corrected chi connectivity index (χ4v) is 2.79. The molecular weight excluding hydrogens is 316 g/mol. The molecule has 1 atom stereocenters. The van der Waals surface area contributed by atoms with Gasteiger partial charge in [0.25, 0.3) is 0 Å². The molecule has 3 rings (SSSR count). The number of ether oxygens (including phenoxy) is 1. The maximum atomic E-state index is 12.4. The Morgan fingerprint density at radius 3 is 2.12 bits per heavy atom. The maximum Gasteiger partial charge on any atom is 0.236 e. The van der Waals surface area contributed by atoms with Crippen LogP contribution in [0.3, 0.4) is 0 Å². The van der Waals surface area contributed by atoms with Crippen LogP contribution in [0.5, 0.6) is 11.5 Å². The number of carbonyl (C=O) groups is 2. The lowest BCUT2D eigenvalue weighted by atomic mass is 10.0. The summed E-state index contributed by atoms with van der Waals surface area (Å²) in [7, 11) is 1.56. The van der Waals surface area contributed by atoms with Gasteiger partial charge in [0.05, 0.1) is 6.04 Å². The van der Waals surface area contributed by atoms with Crippen molar-refractivity contribution in [2.24, 2.45) is 5.41 Å². The highest BCUT2D eigenvalue weighted by molar-refractivity contribution is 6.07. The number of hydrogen-bond acceptors (Lipinski definition) is 3. The minimum absolute atomic E-state index is 0.180. The van der Waals surface area contributed by atoms with E-state index >= 15 is 0 Å². The molecule has 1 fully saturated rings. The summed E-state index contributed by atoms with van der Waals surface area (Å²) in [6, 6.07) is 17.0. The molecule has 0 spiro atoms. The average Bonchev–Trinajstić information content (AvgIpc) is 3.44. The molecule has 0 aliphatic heterocycles. The minimum Gasteiger partial charge on any atom is -0.457 e. The number of nitrogens with one attached hydrogen (secondary N) is 2. The van der Waals surface area contributed by atoms with Crippen molar-refractivity contribution >= 4 is 11.8 Å². The van der Waals surface area contributed by atoms with Crippen molar-refractivity contribution in [3.05, 3.63) is 60.2 Å². The number of amides is 2. The number of hydrogen-bond donors (Lipinski definition) is 2. The molecule has 2 aromatic carbocycles. The number of benzene rings is 2. The highest BCUT2D eigenvalue weighted by atomic mass is 16.5. The topological polar surface area (TPSA) is 67.4 Å². The second-order valence-corrected chi connectivity index (χ2v) is 6.34. The molecule has 1 saturated carbocycles. The Labute approximate surface area is 147 Å². The molecule has 0 radical (unpaired) electrons. The van der Waals surface area contributed by atoms with Crippen molar-refractivity contribution in [3.8, 4) is 11.5 Å². The lowest BCUT2D eigenvalue weighted by Gasteiger charge is -2.19. The van der Waals surface area contributed by atoms with E-state index in [2.05, 4.69) is 10.6 Å². The van der Waals surface area contributed by atoms with Crippen molar-refractivity contribution < 1.29 is 14.3 Å². The summed E-state index contributed by atoms with van der Waals surface area (Å²) in [5.74, 6) is 1.10. The zero-order valence-corrected chi connectivity index (χ0v) is 14.4. The molecule has 5 nitrogen and oxygen atoms in total. The quantitative estimate of drug-likeness (QED) is 0.795. The molecule has 2 aromatic rings. The van der Waals surface area contributed by atoms with Gasteiger partial charge in [-0.3, -0.25) is 9.59 Å². The first-order valence-electron chi connectivity index (χ1n) is 8.41. The standard InChI is InChI=1S/C20H22N2O3/c1-14(22-19(24)20(12-13-20)18(23)21-2)15-8-10-17(11-9-15)25-16-6-4-3-5-7-16/h3-11,14H,12-13H2,1-2H3,(H,21,23)(H,22,24)/t14-/m1/s1. The first-order valence-corrected chi connectivity index (χ1v) is 8.41. The van der Waals surface area contributed by atoms with Gasteiger partial charge in [-0.05, 0) is 49.6 Å². The van der Waals surface area contributed by atoms with E-state index < -0.39 is 5.41 Å². The van der Waals surface area contributed by atoms with Crippen molar-refractivity contribution in [1.29, 1.82) is 0 Å². The zero-order valence-electron chi connectivity index (χ0n) is 14.4. The third kappa shape index (κ3) is 3.65. The Morgan fingerprint density at radius 1 is 0.960 bits per heavy atom. The minimum atomic E-state index is -0.876. The van der Waals surface area contributed by atoms with E-state index in [1.807, 2.05) is 61.5 Å². The summed E-state index contributed by atoms with van der Waals surface area (Å²) in [6.45, 7) is 1.91. The molecule has 0 bridgehead atoms. The highest BCUT2D eigenvalue weighted by Crippen LogP contribution is 2.46. The lowest BCUT2D eigenvalue weighted by Crippen LogP contribution is -2.42. The summed E-state index contributed by atoms with van der Waals surface area (Å²) in [4.78, 5) is 24.3. The van der Waals surface area contributed by atoms with Crippen LogP contribution in [0.2, 0.25) is 0 Å². The van der Waals surface area contributed by atoms with Gasteiger partial charge in [-0.2, -0.15) is 0 Å². The van der Waals surface area contributed by atoms with E-state index in [0.29, 0.717) is 12.8 Å². The summed E-state index contributed by atoms with van der Waals surface area (Å²) in [6.07, 6.45) is 1.21. The molecule has 0 saturated heterocycles. The molecule has 0 unspecified atom stereocenters. The predicted octanol–water partition coefficient (Wildman–Crippen LogP) is 3.18. The van der Waals surface area contributed by atoms with Gasteiger partial charge < -0.3 is 15.4 Å². The van der Waals surface area contributed by atoms with Crippen molar-refractivity contribution in [2.45, 2.75) is 25.8 Å². The van der Waals surface area contributed by atoms with E-state index in [1.165, 1.54) is 0 Å². The first kappa shape index (κ1) is 17.0. The van der Waals surface area contributed by atoms with Gasteiger partial charge >= 0.3 is 0 Å². The van der Waals surface area contributed by atoms with Crippen LogP contribution in [0.4, 0.5) is 0 Å². The normalized spacial score (nSPS) is 15.8. The molecule has 0 aromatic heterocycles. The summed E-state index contributed by atoms with van der Waals surface area (Å²) in [5, 5.41) is 5.52. The smallest absolute Gasteiger partial charge is 0.236 e. The Hall–Kier alpha value is -2.82. The highest BCUT2D eigenvalue weighted by Gasteiger charge is 2.56. The number of rotatable bonds is 6. The Kier molecular flexibility index (Phi) is 4.74. The molecule has 25 heavy (non-hydrogen) atoms. The molecule has 5 heteroatoms. The summed E-state index contributed by atoms with van der Waals surface area (Å²) in [5.41, 5.74) is 0.0841. The van der Waals surface area contributed by atoms with Crippen molar-refractivity contribution in [3.63, 3.8) is 0 Å². The van der Waals surface area contributed by atoms with Gasteiger partial charge in [0.1, 0.15) is 16.9 Å². The predicted molar refractivity (Wildman–Crippen MR) is 95.2 cm³/mol. The number of carbonyl (C=O) groups excluding carboxylic acids is 2. The third-order valence-electron chi connectivity index (χ3n) is 4.55. The van der Waals surface area contributed by atoms with E-state index in [-0.39, 0.29) is 17.9 Å². The van der Waals surface area contributed by atoms with Gasteiger partial charge in [0, 0.05) is 7.05 Å². The van der Waals surface area contributed by atoms with Gasteiger partial charge in [-0.25, -0.2) is 0 Å². The average molecular weight is 338 g/mol. The zero-order chi connectivity index (χ0) is 17.9. The van der Waals surface area contributed by atoms with Crippen LogP contribution in [-0.2, 0) is 9.59 Å². The van der Waals surface area contributed by atoms with Crippen LogP contribution in [0.15, 0.2) is 54.6 Å². The van der Waals surface area contributed by atoms with E-state index in [4.69, 9.17) is 4.74 Å². The van der Waals surface area contributed by atoms with Crippen LogP contribution in [0, 0.1) is 5.41 Å². The molecule has 2 N–H and O–H groups in total. The maximum absolute atomic E-state index is 12.4. The fourth-order valence-electron chi connectivity index (χ4n) is 2.79. The Balaban J connectivity index is 1.62. The van der Waals surface area contributed by atoms with Crippen LogP contribution in [0.25, 0.3) is 0 Å². The molecular formula is C20H22N2O3.